The van der Waals surface area contributed by atoms with Crippen LogP contribution < -0.4 is 10.6 Å². The molecule has 0 saturated carbocycles. The maximum atomic E-state index is 13.7. The Kier molecular flexibility index (Phi) is 8.97. The molecule has 0 radical (unpaired) electrons. The molecule has 0 spiro atoms. The zero-order chi connectivity index (χ0) is 21.2. The van der Waals surface area contributed by atoms with E-state index in [4.69, 9.17) is 9.31 Å². The van der Waals surface area contributed by atoms with Crippen LogP contribution in [0.25, 0.3) is 0 Å². The van der Waals surface area contributed by atoms with Crippen LogP contribution in [0.5, 0.6) is 0 Å². The third-order valence-corrected chi connectivity index (χ3v) is 4.35. The quantitative estimate of drug-likeness (QED) is 0.414. The molecule has 7 nitrogen and oxygen atoms in total. The third kappa shape index (κ3) is 7.08. The van der Waals surface area contributed by atoms with E-state index in [0.29, 0.717) is 16.3 Å². The van der Waals surface area contributed by atoms with Gasteiger partial charge in [0.05, 0.1) is 18.6 Å². The van der Waals surface area contributed by atoms with Crippen LogP contribution in [0.4, 0.5) is 4.39 Å². The smallest absolute Gasteiger partial charge is 0.413 e. The minimum atomic E-state index is -0.882. The first kappa shape index (κ1) is 22.7. The Labute approximate surface area is 176 Å². The van der Waals surface area contributed by atoms with E-state index in [1.165, 1.54) is 19.2 Å². The normalized spacial score (nSPS) is 11.4. The first-order valence-corrected chi connectivity index (χ1v) is 9.42. The first-order valence-electron chi connectivity index (χ1n) is 8.63. The number of aldehydes is 1. The molecule has 2 rings (SSSR count). The monoisotopic (exact) mass is 464 g/mol. The molecule has 0 aliphatic rings. The molecule has 0 saturated heterocycles. The van der Waals surface area contributed by atoms with E-state index in [9.17, 15) is 18.8 Å². The van der Waals surface area contributed by atoms with Gasteiger partial charge in [0, 0.05) is 11.6 Å². The molecule has 2 amide bonds. The highest BCUT2D eigenvalue weighted by atomic mass is 79.9. The Morgan fingerprint density at radius 2 is 1.93 bits per heavy atom. The maximum absolute atomic E-state index is 13.7. The standard InChI is InChI=1S/C19H19BBrFN2O5/c1-28-20(29-17(11-25)13-5-3-2-4-6-13)12-24-18(26)10-23-19(27)15-9-14(21)7-8-16(15)22/h2-9,11,17H,10,12H2,1H3,(H,23,27)(H,24,26). The highest BCUT2D eigenvalue weighted by Gasteiger charge is 2.24. The summed E-state index contributed by atoms with van der Waals surface area (Å²) in [4.78, 5) is 35.3. The average Bonchev–Trinajstić information content (AvgIpc) is 2.74. The Bertz CT molecular complexity index is 856. The lowest BCUT2D eigenvalue weighted by atomic mass is 9.89. The molecule has 0 aliphatic carbocycles. The molecule has 152 valence electrons. The fourth-order valence-corrected chi connectivity index (χ4v) is 2.73. The number of amides is 2. The molecule has 0 fully saturated rings. The Balaban J connectivity index is 1.83. The summed E-state index contributed by atoms with van der Waals surface area (Å²) >= 11 is 3.16. The van der Waals surface area contributed by atoms with Crippen molar-refractivity contribution in [3.05, 3.63) is 69.9 Å². The topological polar surface area (TPSA) is 93.7 Å². The van der Waals surface area contributed by atoms with E-state index >= 15 is 0 Å². The van der Waals surface area contributed by atoms with Crippen LogP contribution in [0, 0.1) is 5.82 Å². The van der Waals surface area contributed by atoms with E-state index < -0.39 is 30.9 Å². The van der Waals surface area contributed by atoms with Crippen molar-refractivity contribution in [2.45, 2.75) is 6.10 Å². The number of carbonyl (C=O) groups excluding carboxylic acids is 3. The number of halogens is 2. The van der Waals surface area contributed by atoms with Crippen molar-refractivity contribution in [3.8, 4) is 0 Å². The molecule has 0 bridgehead atoms. The number of nitrogens with one attached hydrogen (secondary N) is 2. The van der Waals surface area contributed by atoms with Crippen molar-refractivity contribution in [3.63, 3.8) is 0 Å². The number of carbonyl (C=O) groups is 3. The van der Waals surface area contributed by atoms with Crippen molar-refractivity contribution >= 4 is 41.1 Å². The predicted octanol–water partition coefficient (Wildman–Crippen LogP) is 2.06. The van der Waals surface area contributed by atoms with E-state index in [2.05, 4.69) is 26.6 Å². The van der Waals surface area contributed by atoms with Gasteiger partial charge in [-0.3, -0.25) is 9.59 Å². The minimum absolute atomic E-state index is 0.0480. The van der Waals surface area contributed by atoms with Crippen LogP contribution in [0.2, 0.25) is 0 Å². The van der Waals surface area contributed by atoms with Gasteiger partial charge in [-0.05, 0) is 23.8 Å². The molecular weight excluding hydrogens is 446 g/mol. The summed E-state index contributed by atoms with van der Waals surface area (Å²) in [5.41, 5.74) is 0.473. The molecule has 29 heavy (non-hydrogen) atoms. The average molecular weight is 465 g/mol. The van der Waals surface area contributed by atoms with Crippen LogP contribution in [-0.2, 0) is 18.9 Å². The second kappa shape index (κ2) is 11.4. The molecule has 10 heteroatoms. The van der Waals surface area contributed by atoms with Gasteiger partial charge in [0.1, 0.15) is 11.9 Å². The zero-order valence-electron chi connectivity index (χ0n) is 15.6. The first-order chi connectivity index (χ1) is 13.9. The lowest BCUT2D eigenvalue weighted by molar-refractivity contribution is -0.119. The molecule has 0 aromatic heterocycles. The summed E-state index contributed by atoms with van der Waals surface area (Å²) in [6.45, 7) is -0.364. The van der Waals surface area contributed by atoms with Gasteiger partial charge in [-0.1, -0.05) is 46.3 Å². The van der Waals surface area contributed by atoms with Gasteiger partial charge in [-0.25, -0.2) is 4.39 Å². The summed E-state index contributed by atoms with van der Waals surface area (Å²) in [5.74, 6) is -1.94. The largest absolute Gasteiger partial charge is 0.478 e. The van der Waals surface area contributed by atoms with Crippen LogP contribution >= 0.6 is 15.9 Å². The second-order valence-corrected chi connectivity index (χ2v) is 6.80. The number of hydrogen-bond acceptors (Lipinski definition) is 5. The fourth-order valence-electron chi connectivity index (χ4n) is 2.37. The highest BCUT2D eigenvalue weighted by Crippen LogP contribution is 2.16. The zero-order valence-corrected chi connectivity index (χ0v) is 17.1. The van der Waals surface area contributed by atoms with Gasteiger partial charge in [0.25, 0.3) is 5.91 Å². The molecule has 2 N–H and O–H groups in total. The van der Waals surface area contributed by atoms with E-state index in [0.717, 1.165) is 6.07 Å². The molecule has 0 aliphatic heterocycles. The minimum Gasteiger partial charge on any atom is -0.413 e. The number of hydrogen-bond donors (Lipinski definition) is 2. The Hall–Kier alpha value is -2.56. The van der Waals surface area contributed by atoms with Crippen LogP contribution in [0.3, 0.4) is 0 Å². The predicted molar refractivity (Wildman–Crippen MR) is 109 cm³/mol. The Morgan fingerprint density at radius 1 is 1.21 bits per heavy atom. The molecule has 1 unspecified atom stereocenters. The second-order valence-electron chi connectivity index (χ2n) is 5.88. The van der Waals surface area contributed by atoms with Gasteiger partial charge >= 0.3 is 7.12 Å². The maximum Gasteiger partial charge on any atom is 0.478 e. The van der Waals surface area contributed by atoms with Gasteiger partial charge in [-0.15, -0.1) is 0 Å². The highest BCUT2D eigenvalue weighted by molar-refractivity contribution is 9.10. The van der Waals surface area contributed by atoms with E-state index in [1.54, 1.807) is 24.3 Å². The van der Waals surface area contributed by atoms with Crippen LogP contribution in [0.15, 0.2) is 53.0 Å². The van der Waals surface area contributed by atoms with Crippen LogP contribution in [0.1, 0.15) is 22.0 Å². The SMILES string of the molecule is COB(CNC(=O)CNC(=O)c1cc(Br)ccc1F)OC(C=O)c1ccccc1. The van der Waals surface area contributed by atoms with Crippen molar-refractivity contribution in [1.29, 1.82) is 0 Å². The number of benzene rings is 2. The van der Waals surface area contributed by atoms with Crippen molar-refractivity contribution in [2.75, 3.05) is 20.1 Å². The van der Waals surface area contributed by atoms with Gasteiger partial charge in [0.2, 0.25) is 5.91 Å². The molecular formula is C19H19BBrFN2O5. The lowest BCUT2D eigenvalue weighted by Gasteiger charge is -2.18. The summed E-state index contributed by atoms with van der Waals surface area (Å²) in [7, 11) is 0.495. The van der Waals surface area contributed by atoms with E-state index in [-0.39, 0.29) is 18.6 Å². The van der Waals surface area contributed by atoms with Crippen LogP contribution in [-0.4, -0.2) is 45.3 Å². The van der Waals surface area contributed by atoms with Crippen molar-refractivity contribution in [1.82, 2.24) is 10.6 Å². The Morgan fingerprint density at radius 3 is 2.59 bits per heavy atom. The van der Waals surface area contributed by atoms with Gasteiger partial charge in [-0.2, -0.15) is 0 Å². The molecule has 1 atom stereocenters. The lowest BCUT2D eigenvalue weighted by Crippen LogP contribution is -2.43. The van der Waals surface area contributed by atoms with Crippen molar-refractivity contribution < 1.29 is 28.1 Å². The van der Waals surface area contributed by atoms with E-state index in [1.807, 2.05) is 6.07 Å². The molecule has 2 aromatic rings. The third-order valence-electron chi connectivity index (χ3n) is 3.86. The van der Waals surface area contributed by atoms with Gasteiger partial charge < -0.3 is 24.7 Å². The van der Waals surface area contributed by atoms with Gasteiger partial charge in [0.15, 0.2) is 6.29 Å². The molecule has 2 aromatic carbocycles. The summed E-state index contributed by atoms with van der Waals surface area (Å²) in [6.07, 6.45) is -0.263. The molecule has 0 heterocycles. The summed E-state index contributed by atoms with van der Waals surface area (Å²) < 4.78 is 24.9. The summed E-state index contributed by atoms with van der Waals surface area (Å²) in [5, 5.41) is 4.86. The number of rotatable bonds is 10. The summed E-state index contributed by atoms with van der Waals surface area (Å²) in [6, 6.07) is 12.8. The van der Waals surface area contributed by atoms with Crippen molar-refractivity contribution in [2.24, 2.45) is 0 Å². The fraction of sp³-hybridized carbons (Fsp3) is 0.211.